The molecule has 0 amide bonds. The third-order valence-corrected chi connectivity index (χ3v) is 3.36. The molecule has 1 aliphatic carbocycles. The molecule has 1 saturated carbocycles. The predicted molar refractivity (Wildman–Crippen MR) is 62.6 cm³/mol. The first-order valence-corrected chi connectivity index (χ1v) is 6.14. The maximum absolute atomic E-state index is 3.60. The zero-order chi connectivity index (χ0) is 10.4. The highest BCUT2D eigenvalue weighted by Gasteiger charge is 2.15. The molecule has 0 atom stereocenters. The molecule has 14 heavy (non-hydrogen) atoms. The molecule has 2 heteroatoms. The summed E-state index contributed by atoms with van der Waals surface area (Å²) in [6, 6.07) is 1.55. The fourth-order valence-electron chi connectivity index (χ4n) is 1.66. The maximum Gasteiger partial charge on any atom is 0.00670 e. The molecular weight excluding hydrogens is 172 g/mol. The Kier molecular flexibility index (Phi) is 5.49. The molecule has 0 heterocycles. The Balaban J connectivity index is 1.83. The van der Waals surface area contributed by atoms with Gasteiger partial charge in [0.1, 0.15) is 0 Å². The zero-order valence-electron chi connectivity index (χ0n) is 10.1. The van der Waals surface area contributed by atoms with E-state index in [1.807, 2.05) is 0 Å². The van der Waals surface area contributed by atoms with Crippen LogP contribution in [0, 0.1) is 0 Å². The monoisotopic (exact) mass is 198 g/mol. The molecule has 1 aliphatic rings. The topological polar surface area (TPSA) is 15.3 Å². The highest BCUT2D eigenvalue weighted by Crippen LogP contribution is 2.17. The Labute approximate surface area is 89.1 Å². The van der Waals surface area contributed by atoms with E-state index in [9.17, 15) is 0 Å². The van der Waals surface area contributed by atoms with Gasteiger partial charge in [-0.25, -0.2) is 0 Å². The zero-order valence-corrected chi connectivity index (χ0v) is 10.1. The molecule has 0 spiro atoms. The molecule has 0 aromatic heterocycles. The van der Waals surface area contributed by atoms with Gasteiger partial charge < -0.3 is 10.2 Å². The lowest BCUT2D eigenvalue weighted by molar-refractivity contribution is 0.264. The third kappa shape index (κ3) is 4.43. The number of rotatable bonds is 7. The Hall–Kier alpha value is -0.0800. The highest BCUT2D eigenvalue weighted by molar-refractivity contribution is 4.75. The molecule has 0 radical (unpaired) electrons. The summed E-state index contributed by atoms with van der Waals surface area (Å²) in [5.41, 5.74) is 0. The van der Waals surface area contributed by atoms with Crippen LogP contribution in [0.4, 0.5) is 0 Å². The van der Waals surface area contributed by atoms with Gasteiger partial charge >= 0.3 is 0 Å². The van der Waals surface area contributed by atoms with Crippen LogP contribution in [0.3, 0.4) is 0 Å². The highest BCUT2D eigenvalue weighted by atomic mass is 15.1. The van der Waals surface area contributed by atoms with Gasteiger partial charge in [-0.1, -0.05) is 6.42 Å². The van der Waals surface area contributed by atoms with Gasteiger partial charge in [-0.05, 0) is 59.7 Å². The lowest BCUT2D eigenvalue weighted by Crippen LogP contribution is -2.36. The van der Waals surface area contributed by atoms with Gasteiger partial charge in [0.2, 0.25) is 0 Å². The van der Waals surface area contributed by atoms with E-state index in [-0.39, 0.29) is 0 Å². The van der Waals surface area contributed by atoms with Crippen molar-refractivity contribution in [3.8, 4) is 0 Å². The van der Waals surface area contributed by atoms with Crippen molar-refractivity contribution in [2.75, 3.05) is 20.1 Å². The standard InChI is InChI=1S/C12H26N2/c1-11(2)14(3)10-5-4-9-13-12-7-6-8-12/h11-13H,4-10H2,1-3H3. The van der Waals surface area contributed by atoms with Crippen molar-refractivity contribution >= 4 is 0 Å². The van der Waals surface area contributed by atoms with Crippen molar-refractivity contribution < 1.29 is 0 Å². The van der Waals surface area contributed by atoms with Crippen molar-refractivity contribution in [2.45, 2.75) is 58.0 Å². The SMILES string of the molecule is CC(C)N(C)CCCCNC1CCC1. The van der Waals surface area contributed by atoms with Crippen molar-refractivity contribution in [3.63, 3.8) is 0 Å². The lowest BCUT2D eigenvalue weighted by atomic mass is 9.93. The average Bonchev–Trinajstić information content (AvgIpc) is 2.07. The molecule has 84 valence electrons. The first kappa shape index (κ1) is 12.0. The van der Waals surface area contributed by atoms with Crippen LogP contribution in [0.1, 0.15) is 46.0 Å². The third-order valence-electron chi connectivity index (χ3n) is 3.36. The van der Waals surface area contributed by atoms with Crippen molar-refractivity contribution in [1.29, 1.82) is 0 Å². The molecule has 0 saturated heterocycles. The fourth-order valence-corrected chi connectivity index (χ4v) is 1.66. The summed E-state index contributed by atoms with van der Waals surface area (Å²) in [6.07, 6.45) is 6.91. The maximum atomic E-state index is 3.60. The summed E-state index contributed by atoms with van der Waals surface area (Å²) < 4.78 is 0. The van der Waals surface area contributed by atoms with E-state index in [0.717, 1.165) is 6.04 Å². The minimum absolute atomic E-state index is 0.689. The van der Waals surface area contributed by atoms with Gasteiger partial charge in [-0.3, -0.25) is 0 Å². The van der Waals surface area contributed by atoms with Crippen LogP contribution < -0.4 is 5.32 Å². The van der Waals surface area contributed by atoms with E-state index >= 15 is 0 Å². The second-order valence-corrected chi connectivity index (χ2v) is 4.86. The van der Waals surface area contributed by atoms with E-state index in [4.69, 9.17) is 0 Å². The fraction of sp³-hybridized carbons (Fsp3) is 1.00. The van der Waals surface area contributed by atoms with Gasteiger partial charge in [0.05, 0.1) is 0 Å². The molecule has 0 aromatic rings. The Morgan fingerprint density at radius 1 is 1.29 bits per heavy atom. The van der Waals surface area contributed by atoms with Gasteiger partial charge in [-0.2, -0.15) is 0 Å². The Morgan fingerprint density at radius 3 is 2.50 bits per heavy atom. The number of nitrogens with one attached hydrogen (secondary N) is 1. The quantitative estimate of drug-likeness (QED) is 0.631. The average molecular weight is 198 g/mol. The second-order valence-electron chi connectivity index (χ2n) is 4.86. The molecule has 0 aliphatic heterocycles. The smallest absolute Gasteiger partial charge is 0.00670 e. The van der Waals surface area contributed by atoms with Crippen LogP contribution >= 0.6 is 0 Å². The van der Waals surface area contributed by atoms with E-state index in [1.165, 1.54) is 45.2 Å². The first-order chi connectivity index (χ1) is 6.70. The predicted octanol–water partition coefficient (Wildman–Crippen LogP) is 2.25. The van der Waals surface area contributed by atoms with Gasteiger partial charge in [0.15, 0.2) is 0 Å². The minimum Gasteiger partial charge on any atom is -0.314 e. The number of hydrogen-bond acceptors (Lipinski definition) is 2. The normalized spacial score (nSPS) is 17.8. The molecule has 0 bridgehead atoms. The summed E-state index contributed by atoms with van der Waals surface area (Å²) in [7, 11) is 2.21. The first-order valence-electron chi connectivity index (χ1n) is 6.14. The van der Waals surface area contributed by atoms with Crippen LogP contribution in [-0.4, -0.2) is 37.1 Å². The van der Waals surface area contributed by atoms with Gasteiger partial charge in [0.25, 0.3) is 0 Å². The summed E-state index contributed by atoms with van der Waals surface area (Å²) in [5, 5.41) is 3.60. The Bertz CT molecular complexity index is 141. The molecule has 0 aromatic carbocycles. The summed E-state index contributed by atoms with van der Waals surface area (Å²) in [4.78, 5) is 2.42. The summed E-state index contributed by atoms with van der Waals surface area (Å²) in [6.45, 7) is 6.97. The van der Waals surface area contributed by atoms with E-state index < -0.39 is 0 Å². The van der Waals surface area contributed by atoms with Crippen LogP contribution in [-0.2, 0) is 0 Å². The Morgan fingerprint density at radius 2 is 2.00 bits per heavy atom. The molecule has 1 rings (SSSR count). The van der Waals surface area contributed by atoms with Crippen LogP contribution in [0.5, 0.6) is 0 Å². The summed E-state index contributed by atoms with van der Waals surface area (Å²) >= 11 is 0. The second kappa shape index (κ2) is 6.41. The molecular formula is C12H26N2. The van der Waals surface area contributed by atoms with Gasteiger partial charge in [0, 0.05) is 12.1 Å². The van der Waals surface area contributed by atoms with E-state index in [1.54, 1.807) is 0 Å². The largest absolute Gasteiger partial charge is 0.314 e. The van der Waals surface area contributed by atoms with Crippen LogP contribution in [0.15, 0.2) is 0 Å². The van der Waals surface area contributed by atoms with Crippen molar-refractivity contribution in [2.24, 2.45) is 0 Å². The number of hydrogen-bond donors (Lipinski definition) is 1. The minimum atomic E-state index is 0.689. The summed E-state index contributed by atoms with van der Waals surface area (Å²) in [5.74, 6) is 0. The lowest BCUT2D eigenvalue weighted by Gasteiger charge is -2.27. The van der Waals surface area contributed by atoms with E-state index in [0.29, 0.717) is 6.04 Å². The van der Waals surface area contributed by atoms with Gasteiger partial charge in [-0.15, -0.1) is 0 Å². The van der Waals surface area contributed by atoms with Crippen molar-refractivity contribution in [3.05, 3.63) is 0 Å². The molecule has 2 nitrogen and oxygen atoms in total. The van der Waals surface area contributed by atoms with Crippen LogP contribution in [0.25, 0.3) is 0 Å². The number of nitrogens with zero attached hydrogens (tertiary/aromatic N) is 1. The number of unbranched alkanes of at least 4 members (excludes halogenated alkanes) is 1. The molecule has 1 N–H and O–H groups in total. The molecule has 1 fully saturated rings. The van der Waals surface area contributed by atoms with E-state index in [2.05, 4.69) is 31.1 Å². The molecule has 0 unspecified atom stereocenters. The van der Waals surface area contributed by atoms with Crippen molar-refractivity contribution in [1.82, 2.24) is 10.2 Å². The van der Waals surface area contributed by atoms with Crippen LogP contribution in [0.2, 0.25) is 0 Å².